The molecule has 3 aliphatic heterocycles. The molecule has 0 saturated carbocycles. The van der Waals surface area contributed by atoms with Gasteiger partial charge in [0.25, 0.3) is 0 Å². The molecule has 0 aliphatic carbocycles. The monoisotopic (exact) mass is 582 g/mol. The Morgan fingerprint density at radius 2 is 1.98 bits per heavy atom. The lowest BCUT2D eigenvalue weighted by atomic mass is 10.0. The number of benzene rings is 1. The molecular formula is C30H43FN8O3. The summed E-state index contributed by atoms with van der Waals surface area (Å²) in [6.07, 6.45) is 6.54. The SMILES string of the molecule is CC=CN1CCC(N2c3nc(Nc4cc(N5CCN(C)CC5)cc(F)c4OC[C@H](C)O)ncc3N(C)C(=O)[C@H]2CC)C1. The van der Waals surface area contributed by atoms with Crippen LogP contribution in [-0.2, 0) is 4.79 Å². The maximum Gasteiger partial charge on any atom is 0.249 e. The fourth-order valence-corrected chi connectivity index (χ4v) is 5.99. The average Bonchev–Trinajstić information content (AvgIpc) is 3.42. The molecule has 1 aromatic carbocycles. The molecule has 0 bridgehead atoms. The van der Waals surface area contributed by atoms with Gasteiger partial charge in [-0.05, 0) is 46.0 Å². The van der Waals surface area contributed by atoms with Gasteiger partial charge in [0.1, 0.15) is 18.3 Å². The number of allylic oxidation sites excluding steroid dienone is 1. The van der Waals surface area contributed by atoms with Crippen LogP contribution in [0.3, 0.4) is 0 Å². The van der Waals surface area contributed by atoms with Crippen LogP contribution in [0.15, 0.2) is 30.6 Å². The molecule has 3 atom stereocenters. The summed E-state index contributed by atoms with van der Waals surface area (Å²) in [5, 5.41) is 13.0. The van der Waals surface area contributed by atoms with Gasteiger partial charge in [0.2, 0.25) is 11.9 Å². The zero-order valence-corrected chi connectivity index (χ0v) is 25.3. The third kappa shape index (κ3) is 6.10. The molecule has 3 aliphatic rings. The number of hydrogen-bond acceptors (Lipinski definition) is 10. The number of hydrogen-bond donors (Lipinski definition) is 2. The van der Waals surface area contributed by atoms with Crippen LogP contribution in [0.2, 0.25) is 0 Å². The molecule has 1 aromatic heterocycles. The molecule has 0 spiro atoms. The van der Waals surface area contributed by atoms with Gasteiger partial charge in [0, 0.05) is 58.1 Å². The van der Waals surface area contributed by atoms with Crippen LogP contribution in [0, 0.1) is 5.82 Å². The first-order chi connectivity index (χ1) is 20.2. The van der Waals surface area contributed by atoms with Crippen molar-refractivity contribution in [2.24, 2.45) is 0 Å². The van der Waals surface area contributed by atoms with E-state index in [1.807, 2.05) is 26.0 Å². The number of carbonyl (C=O) groups excluding carboxylic acids is 1. The molecule has 1 unspecified atom stereocenters. The predicted molar refractivity (Wildman–Crippen MR) is 163 cm³/mol. The first-order valence-corrected chi connectivity index (χ1v) is 14.8. The maximum absolute atomic E-state index is 15.5. The van der Waals surface area contributed by atoms with Gasteiger partial charge < -0.3 is 39.7 Å². The minimum absolute atomic E-state index is 0.00322. The van der Waals surface area contributed by atoms with Crippen molar-refractivity contribution in [1.82, 2.24) is 19.8 Å². The molecule has 5 rings (SSSR count). The van der Waals surface area contributed by atoms with Gasteiger partial charge in [-0.15, -0.1) is 0 Å². The van der Waals surface area contributed by atoms with E-state index in [0.29, 0.717) is 23.6 Å². The molecule has 12 heteroatoms. The van der Waals surface area contributed by atoms with E-state index in [1.54, 1.807) is 25.1 Å². The summed E-state index contributed by atoms with van der Waals surface area (Å²) in [7, 11) is 3.83. The Kier molecular flexibility index (Phi) is 9.02. The number of amides is 1. The van der Waals surface area contributed by atoms with Crippen molar-refractivity contribution in [1.29, 1.82) is 0 Å². The van der Waals surface area contributed by atoms with E-state index in [1.165, 1.54) is 6.07 Å². The van der Waals surface area contributed by atoms with Crippen LogP contribution < -0.4 is 24.8 Å². The number of aliphatic hydroxyl groups is 1. The van der Waals surface area contributed by atoms with Gasteiger partial charge in [-0.2, -0.15) is 4.98 Å². The lowest BCUT2D eigenvalue weighted by molar-refractivity contribution is -0.120. The topological polar surface area (TPSA) is 101 Å². The molecule has 2 saturated heterocycles. The highest BCUT2D eigenvalue weighted by Gasteiger charge is 2.42. The summed E-state index contributed by atoms with van der Waals surface area (Å²) in [5.41, 5.74) is 1.75. The van der Waals surface area contributed by atoms with Crippen molar-refractivity contribution in [3.05, 3.63) is 36.4 Å². The van der Waals surface area contributed by atoms with E-state index in [9.17, 15) is 9.90 Å². The number of fused-ring (bicyclic) bond motifs is 1. The number of aliphatic hydroxyl groups excluding tert-OH is 1. The number of likely N-dealkylation sites (N-methyl/N-ethyl adjacent to an activating group) is 2. The zero-order valence-electron chi connectivity index (χ0n) is 25.3. The summed E-state index contributed by atoms with van der Waals surface area (Å²) in [6, 6.07) is 3.09. The number of aromatic nitrogens is 2. The largest absolute Gasteiger partial charge is 0.486 e. The lowest BCUT2D eigenvalue weighted by Gasteiger charge is -2.43. The van der Waals surface area contributed by atoms with Gasteiger partial charge >= 0.3 is 0 Å². The predicted octanol–water partition coefficient (Wildman–Crippen LogP) is 3.04. The molecule has 42 heavy (non-hydrogen) atoms. The summed E-state index contributed by atoms with van der Waals surface area (Å²) in [4.78, 5) is 33.3. The van der Waals surface area contributed by atoms with Crippen LogP contribution >= 0.6 is 0 Å². The second kappa shape index (κ2) is 12.7. The van der Waals surface area contributed by atoms with Crippen molar-refractivity contribution >= 4 is 34.7 Å². The smallest absolute Gasteiger partial charge is 0.249 e. The number of piperazine rings is 1. The summed E-state index contributed by atoms with van der Waals surface area (Å²) in [5.74, 6) is 0.450. The number of rotatable bonds is 9. The van der Waals surface area contributed by atoms with E-state index < -0.39 is 11.9 Å². The number of carbonyl (C=O) groups is 1. The van der Waals surface area contributed by atoms with Crippen LogP contribution in [-0.4, -0.2) is 109 Å². The van der Waals surface area contributed by atoms with Gasteiger partial charge in [-0.25, -0.2) is 9.37 Å². The van der Waals surface area contributed by atoms with Crippen LogP contribution in [0.5, 0.6) is 5.75 Å². The molecule has 2 aromatic rings. The second-order valence-corrected chi connectivity index (χ2v) is 11.4. The molecule has 1 amide bonds. The van der Waals surface area contributed by atoms with Gasteiger partial charge in [-0.3, -0.25) is 4.79 Å². The van der Waals surface area contributed by atoms with Crippen LogP contribution in [0.25, 0.3) is 0 Å². The Morgan fingerprint density at radius 3 is 2.67 bits per heavy atom. The Morgan fingerprint density at radius 1 is 1.21 bits per heavy atom. The second-order valence-electron chi connectivity index (χ2n) is 11.4. The van der Waals surface area contributed by atoms with E-state index in [0.717, 1.165) is 51.4 Å². The first kappa shape index (κ1) is 29.8. The summed E-state index contributed by atoms with van der Waals surface area (Å²) >= 11 is 0. The fourth-order valence-electron chi connectivity index (χ4n) is 5.99. The minimum atomic E-state index is -0.768. The van der Waals surface area contributed by atoms with Gasteiger partial charge in [-0.1, -0.05) is 13.0 Å². The lowest BCUT2D eigenvalue weighted by Crippen LogP contribution is -2.56. The molecule has 228 valence electrons. The van der Waals surface area contributed by atoms with E-state index in [-0.39, 0.29) is 36.3 Å². The van der Waals surface area contributed by atoms with Crippen molar-refractivity contribution in [2.45, 2.75) is 51.8 Å². The normalized spacial score (nSPS) is 22.2. The molecule has 0 radical (unpaired) electrons. The van der Waals surface area contributed by atoms with Crippen molar-refractivity contribution < 1.29 is 19.0 Å². The zero-order chi connectivity index (χ0) is 30.0. The molecule has 2 N–H and O–H groups in total. The van der Waals surface area contributed by atoms with Crippen molar-refractivity contribution in [3.8, 4) is 5.75 Å². The van der Waals surface area contributed by atoms with E-state index in [2.05, 4.69) is 43.1 Å². The number of ether oxygens (including phenoxy) is 1. The minimum Gasteiger partial charge on any atom is -0.486 e. The Bertz CT molecular complexity index is 1300. The highest BCUT2D eigenvalue weighted by Crippen LogP contribution is 2.40. The van der Waals surface area contributed by atoms with E-state index in [4.69, 9.17) is 9.72 Å². The van der Waals surface area contributed by atoms with Crippen LogP contribution in [0.1, 0.15) is 33.6 Å². The standard InChI is InChI=1S/C30H43FN8O3/c1-6-9-37-10-8-21(18-37)39-25(7-2)29(41)36(5)26-17-32-30(34-28(26)39)33-24-16-22(38-13-11-35(4)12-14-38)15-23(31)27(24)42-19-20(3)40/h6,9,15-17,20-21,25,40H,7-8,10-14,18-19H2,1-5H3,(H,32,33,34)/t20-,21?,25+/m0/s1. The third-order valence-corrected chi connectivity index (χ3v) is 8.25. The summed E-state index contributed by atoms with van der Waals surface area (Å²) < 4.78 is 21.3. The molecular weight excluding hydrogens is 539 g/mol. The number of halogens is 1. The van der Waals surface area contributed by atoms with Gasteiger partial charge in [0.05, 0.1) is 24.0 Å². The molecule has 2 fully saturated rings. The van der Waals surface area contributed by atoms with Gasteiger partial charge in [0.15, 0.2) is 17.4 Å². The van der Waals surface area contributed by atoms with Crippen molar-refractivity contribution in [2.75, 3.05) is 80.0 Å². The average molecular weight is 583 g/mol. The molecule has 11 nitrogen and oxygen atoms in total. The Labute approximate surface area is 247 Å². The number of nitrogens with zero attached hydrogens (tertiary/aromatic N) is 7. The highest BCUT2D eigenvalue weighted by molar-refractivity contribution is 6.04. The fraction of sp³-hybridized carbons (Fsp3) is 0.567. The van der Waals surface area contributed by atoms with Crippen LogP contribution in [0.4, 0.5) is 33.2 Å². The van der Waals surface area contributed by atoms with Crippen molar-refractivity contribution in [3.63, 3.8) is 0 Å². The maximum atomic E-state index is 15.5. The first-order valence-electron chi connectivity index (χ1n) is 14.8. The molecule has 4 heterocycles. The summed E-state index contributed by atoms with van der Waals surface area (Å²) in [6.45, 7) is 10.6. The number of anilines is 5. The number of likely N-dealkylation sites (tertiary alicyclic amines) is 1. The quantitative estimate of drug-likeness (QED) is 0.459. The van der Waals surface area contributed by atoms with E-state index >= 15 is 4.39 Å². The Hall–Kier alpha value is -3.64. The Balaban J connectivity index is 1.51. The highest BCUT2D eigenvalue weighted by atomic mass is 19.1. The number of nitrogens with one attached hydrogen (secondary N) is 1. The third-order valence-electron chi connectivity index (χ3n) is 8.25.